The molecule has 0 bridgehead atoms. The molecule has 106 valence electrons. The largest absolute Gasteiger partial charge is 0.466 e. The smallest absolute Gasteiger partial charge is 0.305 e. The molecule has 0 amide bonds. The van der Waals surface area contributed by atoms with E-state index in [1.54, 1.807) is 0 Å². The van der Waals surface area contributed by atoms with Gasteiger partial charge in [0.25, 0.3) is 0 Å². The van der Waals surface area contributed by atoms with Crippen molar-refractivity contribution in [3.8, 4) is 0 Å². The van der Waals surface area contributed by atoms with E-state index in [4.69, 9.17) is 4.74 Å². The van der Waals surface area contributed by atoms with Crippen molar-refractivity contribution in [3.63, 3.8) is 0 Å². The Morgan fingerprint density at radius 1 is 1.30 bits per heavy atom. The fourth-order valence-electron chi connectivity index (χ4n) is 2.13. The minimum atomic E-state index is -0.123. The number of aryl methyl sites for hydroxylation is 1. The molecule has 1 aromatic carbocycles. The summed E-state index contributed by atoms with van der Waals surface area (Å²) < 4.78 is 7.05. The molecular formula is C16H20N2O2. The van der Waals surface area contributed by atoms with Gasteiger partial charge in [-0.1, -0.05) is 30.3 Å². The number of carbonyl (C=O) groups is 1. The van der Waals surface area contributed by atoms with E-state index in [0.29, 0.717) is 13.0 Å². The molecule has 1 aromatic heterocycles. The van der Waals surface area contributed by atoms with E-state index in [0.717, 1.165) is 25.1 Å². The van der Waals surface area contributed by atoms with E-state index in [1.165, 1.54) is 5.56 Å². The minimum absolute atomic E-state index is 0.123. The second kappa shape index (κ2) is 7.48. The molecule has 4 nitrogen and oxygen atoms in total. The van der Waals surface area contributed by atoms with Crippen molar-refractivity contribution in [1.82, 2.24) is 9.55 Å². The Labute approximate surface area is 119 Å². The Bertz CT molecular complexity index is 534. The van der Waals surface area contributed by atoms with Gasteiger partial charge in [0.2, 0.25) is 0 Å². The van der Waals surface area contributed by atoms with Crippen molar-refractivity contribution < 1.29 is 9.53 Å². The highest BCUT2D eigenvalue weighted by molar-refractivity contribution is 5.69. The van der Waals surface area contributed by atoms with Gasteiger partial charge >= 0.3 is 5.97 Å². The average Bonchev–Trinajstić information content (AvgIpc) is 2.88. The summed E-state index contributed by atoms with van der Waals surface area (Å²) in [4.78, 5) is 15.5. The Kier molecular flexibility index (Phi) is 5.35. The molecule has 0 saturated heterocycles. The van der Waals surface area contributed by atoms with Crippen LogP contribution >= 0.6 is 0 Å². The molecule has 0 unspecified atom stereocenters. The van der Waals surface area contributed by atoms with Crippen LogP contribution in [0.1, 0.15) is 31.0 Å². The van der Waals surface area contributed by atoms with Crippen LogP contribution in [0, 0.1) is 0 Å². The number of imidazole rings is 1. The average molecular weight is 272 g/mol. The number of ether oxygens (including phenoxy) is 1. The SMILES string of the molecule is CCOC(=O)CCCc1cncn1Cc1ccccc1. The lowest BCUT2D eigenvalue weighted by atomic mass is 10.2. The summed E-state index contributed by atoms with van der Waals surface area (Å²) in [6.07, 6.45) is 5.80. The Hall–Kier alpha value is -2.10. The molecule has 1 heterocycles. The van der Waals surface area contributed by atoms with Crippen LogP contribution in [0.3, 0.4) is 0 Å². The fraction of sp³-hybridized carbons (Fsp3) is 0.375. The molecule has 2 aromatic rings. The number of benzene rings is 1. The third-order valence-corrected chi connectivity index (χ3v) is 3.11. The molecule has 0 aliphatic carbocycles. The highest BCUT2D eigenvalue weighted by Crippen LogP contribution is 2.09. The highest BCUT2D eigenvalue weighted by atomic mass is 16.5. The van der Waals surface area contributed by atoms with Crippen LogP contribution in [0.15, 0.2) is 42.9 Å². The topological polar surface area (TPSA) is 44.1 Å². The standard InChI is InChI=1S/C16H20N2O2/c1-2-20-16(19)10-6-9-15-11-17-13-18(15)12-14-7-4-3-5-8-14/h3-5,7-8,11,13H,2,6,9-10,12H2,1H3. The summed E-state index contributed by atoms with van der Waals surface area (Å²) in [5, 5.41) is 0. The molecule has 0 spiro atoms. The molecule has 4 heteroatoms. The van der Waals surface area contributed by atoms with E-state index in [1.807, 2.05) is 37.6 Å². The van der Waals surface area contributed by atoms with Gasteiger partial charge in [0.05, 0.1) is 12.9 Å². The van der Waals surface area contributed by atoms with Gasteiger partial charge in [-0.15, -0.1) is 0 Å². The van der Waals surface area contributed by atoms with E-state index in [9.17, 15) is 4.79 Å². The summed E-state index contributed by atoms with van der Waals surface area (Å²) in [7, 11) is 0. The van der Waals surface area contributed by atoms with Crippen molar-refractivity contribution in [1.29, 1.82) is 0 Å². The Morgan fingerprint density at radius 2 is 2.10 bits per heavy atom. The maximum Gasteiger partial charge on any atom is 0.305 e. The van der Waals surface area contributed by atoms with Gasteiger partial charge in [0.15, 0.2) is 0 Å². The molecule has 0 N–H and O–H groups in total. The molecule has 2 rings (SSSR count). The maximum atomic E-state index is 11.3. The van der Waals surface area contributed by atoms with Crippen molar-refractivity contribution >= 4 is 5.97 Å². The van der Waals surface area contributed by atoms with Gasteiger partial charge in [-0.05, 0) is 25.3 Å². The zero-order valence-corrected chi connectivity index (χ0v) is 11.8. The monoisotopic (exact) mass is 272 g/mol. The first-order valence-electron chi connectivity index (χ1n) is 6.98. The molecular weight excluding hydrogens is 252 g/mol. The van der Waals surface area contributed by atoms with Crippen molar-refractivity contribution in [2.24, 2.45) is 0 Å². The molecule has 0 aliphatic heterocycles. The molecule has 0 atom stereocenters. The lowest BCUT2D eigenvalue weighted by molar-refractivity contribution is -0.143. The van der Waals surface area contributed by atoms with Crippen LogP contribution in [0.5, 0.6) is 0 Å². The first-order chi connectivity index (χ1) is 9.79. The lowest BCUT2D eigenvalue weighted by Gasteiger charge is -2.08. The van der Waals surface area contributed by atoms with Crippen molar-refractivity contribution in [2.45, 2.75) is 32.7 Å². The normalized spacial score (nSPS) is 10.4. The second-order valence-corrected chi connectivity index (χ2v) is 4.66. The molecule has 0 aliphatic rings. The highest BCUT2D eigenvalue weighted by Gasteiger charge is 2.06. The van der Waals surface area contributed by atoms with Gasteiger partial charge in [-0.3, -0.25) is 4.79 Å². The number of carbonyl (C=O) groups excluding carboxylic acids is 1. The Morgan fingerprint density at radius 3 is 2.85 bits per heavy atom. The van der Waals surface area contributed by atoms with Gasteiger partial charge in [0.1, 0.15) is 0 Å². The number of esters is 1. The second-order valence-electron chi connectivity index (χ2n) is 4.66. The van der Waals surface area contributed by atoms with E-state index in [-0.39, 0.29) is 5.97 Å². The zero-order valence-electron chi connectivity index (χ0n) is 11.8. The number of hydrogen-bond donors (Lipinski definition) is 0. The number of hydrogen-bond acceptors (Lipinski definition) is 3. The molecule has 0 radical (unpaired) electrons. The van der Waals surface area contributed by atoms with Crippen LogP contribution < -0.4 is 0 Å². The third-order valence-electron chi connectivity index (χ3n) is 3.11. The summed E-state index contributed by atoms with van der Waals surface area (Å²) in [5.74, 6) is -0.123. The first-order valence-corrected chi connectivity index (χ1v) is 6.98. The number of rotatable bonds is 7. The van der Waals surface area contributed by atoms with E-state index < -0.39 is 0 Å². The van der Waals surface area contributed by atoms with Gasteiger partial charge < -0.3 is 9.30 Å². The minimum Gasteiger partial charge on any atom is -0.466 e. The van der Waals surface area contributed by atoms with Gasteiger partial charge in [-0.2, -0.15) is 0 Å². The van der Waals surface area contributed by atoms with E-state index in [2.05, 4.69) is 21.7 Å². The molecule has 0 saturated carbocycles. The third kappa shape index (κ3) is 4.23. The summed E-state index contributed by atoms with van der Waals surface area (Å²) in [6.45, 7) is 3.09. The summed E-state index contributed by atoms with van der Waals surface area (Å²) in [6, 6.07) is 10.3. The quantitative estimate of drug-likeness (QED) is 0.728. The first kappa shape index (κ1) is 14.3. The van der Waals surface area contributed by atoms with Crippen LogP contribution in [0.25, 0.3) is 0 Å². The van der Waals surface area contributed by atoms with Crippen LogP contribution in [0.2, 0.25) is 0 Å². The van der Waals surface area contributed by atoms with E-state index >= 15 is 0 Å². The van der Waals surface area contributed by atoms with Crippen LogP contribution in [-0.4, -0.2) is 22.1 Å². The lowest BCUT2D eigenvalue weighted by Crippen LogP contribution is -2.06. The number of nitrogens with zero attached hydrogens (tertiary/aromatic N) is 2. The fourth-order valence-corrected chi connectivity index (χ4v) is 2.13. The van der Waals surface area contributed by atoms with Crippen LogP contribution in [-0.2, 0) is 22.5 Å². The Balaban J connectivity index is 1.87. The summed E-state index contributed by atoms with van der Waals surface area (Å²) >= 11 is 0. The number of aromatic nitrogens is 2. The predicted octanol–water partition coefficient (Wildman–Crippen LogP) is 2.82. The van der Waals surface area contributed by atoms with Crippen molar-refractivity contribution in [2.75, 3.05) is 6.61 Å². The molecule has 20 heavy (non-hydrogen) atoms. The predicted molar refractivity (Wildman–Crippen MR) is 77.3 cm³/mol. The maximum absolute atomic E-state index is 11.3. The van der Waals surface area contributed by atoms with Gasteiger partial charge in [0, 0.05) is 24.9 Å². The van der Waals surface area contributed by atoms with Crippen molar-refractivity contribution in [3.05, 3.63) is 54.1 Å². The summed E-state index contributed by atoms with van der Waals surface area (Å²) in [5.41, 5.74) is 2.40. The zero-order chi connectivity index (χ0) is 14.2. The van der Waals surface area contributed by atoms with Gasteiger partial charge in [-0.25, -0.2) is 4.98 Å². The van der Waals surface area contributed by atoms with Crippen LogP contribution in [0.4, 0.5) is 0 Å². The molecule has 0 fully saturated rings.